The van der Waals surface area contributed by atoms with Gasteiger partial charge in [0.15, 0.2) is 0 Å². The minimum absolute atomic E-state index is 0.733. The molecule has 1 aromatic carbocycles. The second kappa shape index (κ2) is 4.47. The van der Waals surface area contributed by atoms with Gasteiger partial charge < -0.3 is 9.88 Å². The summed E-state index contributed by atoms with van der Waals surface area (Å²) in [5, 5.41) is 3.81. The summed E-state index contributed by atoms with van der Waals surface area (Å²) in [5.74, 6) is 0.972. The maximum atomic E-state index is 5.94. The predicted molar refractivity (Wildman–Crippen MR) is 61.3 cm³/mol. The Balaban J connectivity index is 2.40. The second-order valence-corrected chi connectivity index (χ2v) is 3.66. The molecule has 0 aliphatic heterocycles. The topological polar surface area (TPSA) is 29.9 Å². The lowest BCUT2D eigenvalue weighted by Crippen LogP contribution is -2.10. The number of imidazole rings is 1. The van der Waals surface area contributed by atoms with Gasteiger partial charge in [-0.2, -0.15) is 0 Å². The number of rotatable bonds is 3. The third kappa shape index (κ3) is 2.19. The molecule has 2 rings (SSSR count). The van der Waals surface area contributed by atoms with E-state index < -0.39 is 0 Å². The highest BCUT2D eigenvalue weighted by molar-refractivity contribution is 6.30. The number of nitrogens with zero attached hydrogens (tertiary/aromatic N) is 2. The molecular formula is C11H12ClN3. The SMILES string of the molecule is CNCc1nccn1-c1cccc(Cl)c1. The average Bonchev–Trinajstić information content (AvgIpc) is 2.66. The van der Waals surface area contributed by atoms with Gasteiger partial charge in [0.1, 0.15) is 5.82 Å². The van der Waals surface area contributed by atoms with E-state index in [0.29, 0.717) is 0 Å². The van der Waals surface area contributed by atoms with Crippen LogP contribution in [0.4, 0.5) is 0 Å². The van der Waals surface area contributed by atoms with Crippen molar-refractivity contribution in [3.8, 4) is 5.69 Å². The lowest BCUT2D eigenvalue weighted by molar-refractivity contribution is 0.742. The second-order valence-electron chi connectivity index (χ2n) is 3.22. The minimum atomic E-state index is 0.733. The Morgan fingerprint density at radius 2 is 2.33 bits per heavy atom. The number of benzene rings is 1. The molecule has 4 heteroatoms. The van der Waals surface area contributed by atoms with Crippen molar-refractivity contribution in [1.29, 1.82) is 0 Å². The zero-order valence-electron chi connectivity index (χ0n) is 8.44. The number of halogens is 1. The number of hydrogen-bond donors (Lipinski definition) is 1. The molecule has 0 saturated carbocycles. The maximum absolute atomic E-state index is 5.94. The van der Waals surface area contributed by atoms with Crippen LogP contribution in [0.3, 0.4) is 0 Å². The molecule has 0 unspecified atom stereocenters. The highest BCUT2D eigenvalue weighted by Crippen LogP contribution is 2.15. The molecule has 2 aromatic rings. The van der Waals surface area contributed by atoms with Crippen LogP contribution in [0, 0.1) is 0 Å². The fraction of sp³-hybridized carbons (Fsp3) is 0.182. The molecule has 3 nitrogen and oxygen atoms in total. The van der Waals surface area contributed by atoms with E-state index in [2.05, 4.69) is 10.3 Å². The normalized spacial score (nSPS) is 10.5. The van der Waals surface area contributed by atoms with Crippen LogP contribution in [0.15, 0.2) is 36.7 Å². The summed E-state index contributed by atoms with van der Waals surface area (Å²) in [6.45, 7) is 0.736. The van der Waals surface area contributed by atoms with Crippen molar-refractivity contribution in [3.63, 3.8) is 0 Å². The van der Waals surface area contributed by atoms with Crippen molar-refractivity contribution in [2.45, 2.75) is 6.54 Å². The van der Waals surface area contributed by atoms with Crippen molar-refractivity contribution in [2.75, 3.05) is 7.05 Å². The summed E-state index contributed by atoms with van der Waals surface area (Å²) in [7, 11) is 1.90. The Labute approximate surface area is 93.7 Å². The van der Waals surface area contributed by atoms with E-state index in [1.807, 2.05) is 42.1 Å². The predicted octanol–water partition coefficient (Wildman–Crippen LogP) is 2.25. The van der Waals surface area contributed by atoms with Crippen LogP contribution >= 0.6 is 11.6 Å². The van der Waals surface area contributed by atoms with Crippen molar-refractivity contribution in [3.05, 3.63) is 47.5 Å². The summed E-state index contributed by atoms with van der Waals surface area (Å²) in [4.78, 5) is 4.27. The lowest BCUT2D eigenvalue weighted by Gasteiger charge is -2.07. The molecule has 0 amide bonds. The summed E-state index contributed by atoms with van der Waals surface area (Å²) in [5.41, 5.74) is 1.03. The molecule has 1 heterocycles. The number of aromatic nitrogens is 2. The Morgan fingerprint density at radius 1 is 1.47 bits per heavy atom. The van der Waals surface area contributed by atoms with E-state index in [1.54, 1.807) is 6.20 Å². The number of hydrogen-bond acceptors (Lipinski definition) is 2. The first-order valence-corrected chi connectivity index (χ1v) is 5.12. The van der Waals surface area contributed by atoms with Crippen LogP contribution in [-0.2, 0) is 6.54 Å². The molecule has 0 aliphatic carbocycles. The van der Waals surface area contributed by atoms with Crippen LogP contribution < -0.4 is 5.32 Å². The lowest BCUT2D eigenvalue weighted by atomic mass is 10.3. The van der Waals surface area contributed by atoms with Gasteiger partial charge in [-0.15, -0.1) is 0 Å². The summed E-state index contributed by atoms with van der Waals surface area (Å²) in [6, 6.07) is 7.72. The Morgan fingerprint density at radius 3 is 3.07 bits per heavy atom. The van der Waals surface area contributed by atoms with Gasteiger partial charge in [0.25, 0.3) is 0 Å². The Hall–Kier alpha value is -1.32. The molecular weight excluding hydrogens is 210 g/mol. The molecule has 0 bridgehead atoms. The molecule has 0 aliphatic rings. The fourth-order valence-corrected chi connectivity index (χ4v) is 1.67. The smallest absolute Gasteiger partial charge is 0.127 e. The van der Waals surface area contributed by atoms with Gasteiger partial charge in [0, 0.05) is 23.1 Å². The zero-order valence-corrected chi connectivity index (χ0v) is 9.20. The van der Waals surface area contributed by atoms with Crippen molar-refractivity contribution < 1.29 is 0 Å². The highest BCUT2D eigenvalue weighted by atomic mass is 35.5. The average molecular weight is 222 g/mol. The first kappa shape index (κ1) is 10.2. The van der Waals surface area contributed by atoms with Gasteiger partial charge in [0.05, 0.1) is 6.54 Å². The third-order valence-corrected chi connectivity index (χ3v) is 2.37. The third-order valence-electron chi connectivity index (χ3n) is 2.14. The maximum Gasteiger partial charge on any atom is 0.127 e. The summed E-state index contributed by atoms with van der Waals surface area (Å²) >= 11 is 5.94. The Kier molecular flexibility index (Phi) is 3.04. The van der Waals surface area contributed by atoms with E-state index in [9.17, 15) is 0 Å². The first-order chi connectivity index (χ1) is 7.31. The van der Waals surface area contributed by atoms with Gasteiger partial charge in [-0.25, -0.2) is 4.98 Å². The van der Waals surface area contributed by atoms with Gasteiger partial charge in [-0.05, 0) is 25.2 Å². The molecule has 78 valence electrons. The van der Waals surface area contributed by atoms with Crippen molar-refractivity contribution >= 4 is 11.6 Å². The fourth-order valence-electron chi connectivity index (χ4n) is 1.48. The largest absolute Gasteiger partial charge is 0.313 e. The minimum Gasteiger partial charge on any atom is -0.313 e. The van der Waals surface area contributed by atoms with Crippen LogP contribution in [0.2, 0.25) is 5.02 Å². The molecule has 0 atom stereocenters. The van der Waals surface area contributed by atoms with E-state index in [1.165, 1.54) is 0 Å². The van der Waals surface area contributed by atoms with Gasteiger partial charge in [0.2, 0.25) is 0 Å². The summed E-state index contributed by atoms with van der Waals surface area (Å²) < 4.78 is 2.02. The summed E-state index contributed by atoms with van der Waals surface area (Å²) in [6.07, 6.45) is 3.71. The molecule has 0 saturated heterocycles. The van der Waals surface area contributed by atoms with Gasteiger partial charge >= 0.3 is 0 Å². The molecule has 0 spiro atoms. The standard InChI is InChI=1S/C11H12ClN3/c1-13-8-11-14-5-6-15(11)10-4-2-3-9(12)7-10/h2-7,13H,8H2,1H3. The number of nitrogens with one attached hydrogen (secondary N) is 1. The molecule has 1 N–H and O–H groups in total. The first-order valence-electron chi connectivity index (χ1n) is 4.74. The van der Waals surface area contributed by atoms with Gasteiger partial charge in [-0.3, -0.25) is 0 Å². The van der Waals surface area contributed by atoms with Crippen molar-refractivity contribution in [2.24, 2.45) is 0 Å². The molecule has 15 heavy (non-hydrogen) atoms. The molecule has 0 radical (unpaired) electrons. The Bertz CT molecular complexity index is 451. The van der Waals surface area contributed by atoms with Gasteiger partial charge in [-0.1, -0.05) is 17.7 Å². The van der Waals surface area contributed by atoms with E-state index >= 15 is 0 Å². The van der Waals surface area contributed by atoms with E-state index in [4.69, 9.17) is 11.6 Å². The molecule has 0 fully saturated rings. The van der Waals surface area contributed by atoms with Crippen LogP contribution in [-0.4, -0.2) is 16.6 Å². The van der Waals surface area contributed by atoms with Crippen LogP contribution in [0.25, 0.3) is 5.69 Å². The van der Waals surface area contributed by atoms with Crippen molar-refractivity contribution in [1.82, 2.24) is 14.9 Å². The van der Waals surface area contributed by atoms with E-state index in [0.717, 1.165) is 23.1 Å². The van der Waals surface area contributed by atoms with Crippen LogP contribution in [0.1, 0.15) is 5.82 Å². The van der Waals surface area contributed by atoms with E-state index in [-0.39, 0.29) is 0 Å². The van der Waals surface area contributed by atoms with Crippen LogP contribution in [0.5, 0.6) is 0 Å². The molecule has 1 aromatic heterocycles. The monoisotopic (exact) mass is 221 g/mol. The zero-order chi connectivity index (χ0) is 10.7. The highest BCUT2D eigenvalue weighted by Gasteiger charge is 2.03. The quantitative estimate of drug-likeness (QED) is 0.862.